The van der Waals surface area contributed by atoms with Gasteiger partial charge in [-0.1, -0.05) is 13.1 Å². The maximum Gasteiger partial charge on any atom is 0.414 e. The maximum atomic E-state index is 14.7. The van der Waals surface area contributed by atoms with Gasteiger partial charge >= 0.3 is 6.09 Å². The zero-order chi connectivity index (χ0) is 19.8. The van der Waals surface area contributed by atoms with Gasteiger partial charge in [-0.05, 0) is 30.3 Å². The van der Waals surface area contributed by atoms with Crippen LogP contribution in [0.25, 0.3) is 0 Å². The first kappa shape index (κ1) is 20.1. The van der Waals surface area contributed by atoms with Crippen molar-refractivity contribution in [2.24, 2.45) is 0 Å². The van der Waals surface area contributed by atoms with Crippen LogP contribution in [0.3, 0.4) is 0 Å². The average Bonchev–Trinajstić information content (AvgIpc) is 2.95. The van der Waals surface area contributed by atoms with Crippen LogP contribution >= 0.6 is 0 Å². The lowest BCUT2D eigenvalue weighted by atomic mass is 10.2. The minimum atomic E-state index is -3.75. The molecule has 1 atom stereocenters. The minimum absolute atomic E-state index is 0.0315. The third kappa shape index (κ3) is 4.61. The van der Waals surface area contributed by atoms with Gasteiger partial charge < -0.3 is 9.64 Å². The number of hydrogen-bond donors (Lipinski definition) is 0. The van der Waals surface area contributed by atoms with Crippen LogP contribution in [-0.2, 0) is 19.0 Å². The Morgan fingerprint density at radius 1 is 1.30 bits per heavy atom. The van der Waals surface area contributed by atoms with Gasteiger partial charge in [-0.15, -0.1) is 0 Å². The molecular weight excluding hydrogens is 391 g/mol. The average molecular weight is 417 g/mol. The van der Waals surface area contributed by atoms with Crippen LogP contribution in [0.2, 0.25) is 25.2 Å². The third-order valence-corrected chi connectivity index (χ3v) is 9.66. The molecular formula is C17H25FN2O5SSi. The second-order valence-electron chi connectivity index (χ2n) is 7.79. The summed E-state index contributed by atoms with van der Waals surface area (Å²) < 4.78 is 47.2. The molecule has 0 radical (unpaired) electrons. The maximum absolute atomic E-state index is 14.7. The first-order valence-electron chi connectivity index (χ1n) is 8.91. The molecule has 27 heavy (non-hydrogen) atoms. The summed E-state index contributed by atoms with van der Waals surface area (Å²) in [4.78, 5) is 15.4. The minimum Gasteiger partial charge on any atom is -0.443 e. The number of carbonyl (C=O) groups excluding carboxylic acids is 1. The van der Waals surface area contributed by atoms with E-state index in [1.54, 1.807) is 12.1 Å². The van der Waals surface area contributed by atoms with E-state index in [9.17, 15) is 17.6 Å². The molecule has 2 aliphatic rings. The van der Waals surface area contributed by atoms with E-state index in [2.05, 4.69) is 17.3 Å². The predicted molar refractivity (Wildman–Crippen MR) is 104 cm³/mol. The number of rotatable bonds is 5. The lowest BCUT2D eigenvalue weighted by molar-refractivity contribution is 0.150. The third-order valence-electron chi connectivity index (χ3n) is 5.22. The molecule has 0 N–H and O–H groups in total. The van der Waals surface area contributed by atoms with Crippen molar-refractivity contribution in [2.45, 2.75) is 31.3 Å². The highest BCUT2D eigenvalue weighted by molar-refractivity contribution is 7.86. The fraction of sp³-hybridized carbons (Fsp3) is 0.588. The Balaban J connectivity index is 1.71. The quantitative estimate of drug-likeness (QED) is 0.543. The van der Waals surface area contributed by atoms with Gasteiger partial charge in [0.25, 0.3) is 10.1 Å². The highest BCUT2D eigenvalue weighted by Crippen LogP contribution is 2.31. The van der Waals surface area contributed by atoms with Gasteiger partial charge in [-0.25, -0.2) is 9.18 Å². The Labute approximate surface area is 160 Å². The molecule has 1 aromatic rings. The Bertz CT molecular complexity index is 823. The summed E-state index contributed by atoms with van der Waals surface area (Å²) in [5.74, 6) is -0.825. The molecule has 7 nitrogen and oxygen atoms in total. The first-order chi connectivity index (χ1) is 12.6. The van der Waals surface area contributed by atoms with E-state index in [-0.39, 0.29) is 6.54 Å². The number of nitrogens with zero attached hydrogens (tertiary/aromatic N) is 2. The van der Waals surface area contributed by atoms with Gasteiger partial charge in [0, 0.05) is 13.1 Å². The summed E-state index contributed by atoms with van der Waals surface area (Å²) in [6, 6.07) is 6.91. The standard InChI is InChI=1S/C17H25FN2O5SSi/c1-24-26(22,23)12-14-11-20(17(21)25-14)13-4-5-16(15(18)10-13)19-6-8-27(2,3)9-7-19/h4-5,10,14H,6-9,11-12H2,1-3H3/t14-/m1/s1. The highest BCUT2D eigenvalue weighted by Gasteiger charge is 2.36. The molecule has 0 aliphatic carbocycles. The fourth-order valence-corrected chi connectivity index (χ4v) is 6.15. The van der Waals surface area contributed by atoms with Crippen LogP contribution in [0, 0.1) is 5.82 Å². The molecule has 0 spiro atoms. The molecule has 0 bridgehead atoms. The zero-order valence-corrected chi connectivity index (χ0v) is 17.6. The van der Waals surface area contributed by atoms with Gasteiger partial charge in [-0.2, -0.15) is 8.42 Å². The van der Waals surface area contributed by atoms with Crippen molar-refractivity contribution in [3.63, 3.8) is 0 Å². The smallest absolute Gasteiger partial charge is 0.414 e. The first-order valence-corrected chi connectivity index (χ1v) is 13.9. The molecule has 2 saturated heterocycles. The van der Waals surface area contributed by atoms with Crippen molar-refractivity contribution in [2.75, 3.05) is 42.3 Å². The summed E-state index contributed by atoms with van der Waals surface area (Å²) in [6.07, 6.45) is -1.54. The number of carbonyl (C=O) groups is 1. The van der Waals surface area contributed by atoms with Crippen LogP contribution in [0.1, 0.15) is 0 Å². The Hall–Kier alpha value is -1.65. The van der Waals surface area contributed by atoms with Crippen LogP contribution in [0.5, 0.6) is 0 Å². The number of amides is 1. The molecule has 150 valence electrons. The molecule has 2 aliphatic heterocycles. The lowest BCUT2D eigenvalue weighted by Gasteiger charge is -2.37. The summed E-state index contributed by atoms with van der Waals surface area (Å²) in [5, 5.41) is 0. The highest BCUT2D eigenvalue weighted by atomic mass is 32.2. The van der Waals surface area contributed by atoms with Crippen molar-refractivity contribution < 1.29 is 26.5 Å². The molecule has 1 amide bonds. The van der Waals surface area contributed by atoms with E-state index in [0.29, 0.717) is 11.4 Å². The van der Waals surface area contributed by atoms with E-state index in [1.165, 1.54) is 11.0 Å². The van der Waals surface area contributed by atoms with Crippen LogP contribution in [0.15, 0.2) is 18.2 Å². The summed E-state index contributed by atoms with van der Waals surface area (Å²) >= 11 is 0. The van der Waals surface area contributed by atoms with E-state index in [0.717, 1.165) is 32.3 Å². The number of benzene rings is 1. The number of anilines is 2. The molecule has 3 rings (SSSR count). The number of ether oxygens (including phenoxy) is 1. The monoisotopic (exact) mass is 416 g/mol. The molecule has 0 unspecified atom stereocenters. The van der Waals surface area contributed by atoms with E-state index < -0.39 is 42.0 Å². The predicted octanol–water partition coefficient (Wildman–Crippen LogP) is 2.66. The van der Waals surface area contributed by atoms with Crippen LogP contribution in [0.4, 0.5) is 20.6 Å². The topological polar surface area (TPSA) is 76.2 Å². The summed E-state index contributed by atoms with van der Waals surface area (Å²) in [6.45, 7) is 6.42. The van der Waals surface area contributed by atoms with Crippen molar-refractivity contribution in [1.29, 1.82) is 0 Å². The van der Waals surface area contributed by atoms with E-state index in [1.807, 2.05) is 4.90 Å². The fourth-order valence-electron chi connectivity index (χ4n) is 3.39. The normalized spacial score (nSPS) is 22.8. The molecule has 2 fully saturated rings. The van der Waals surface area contributed by atoms with E-state index in [4.69, 9.17) is 4.74 Å². The molecule has 2 heterocycles. The van der Waals surface area contributed by atoms with E-state index >= 15 is 0 Å². The Morgan fingerprint density at radius 3 is 2.56 bits per heavy atom. The van der Waals surface area contributed by atoms with Crippen molar-refractivity contribution in [1.82, 2.24) is 0 Å². The van der Waals surface area contributed by atoms with Gasteiger partial charge in [0.15, 0.2) is 0 Å². The Kier molecular flexibility index (Phi) is 5.51. The molecule has 0 aromatic heterocycles. The van der Waals surface area contributed by atoms with Crippen molar-refractivity contribution in [3.8, 4) is 0 Å². The number of hydrogen-bond acceptors (Lipinski definition) is 6. The number of halogens is 1. The largest absolute Gasteiger partial charge is 0.443 e. The van der Waals surface area contributed by atoms with Gasteiger partial charge in [0.2, 0.25) is 0 Å². The zero-order valence-electron chi connectivity index (χ0n) is 15.8. The van der Waals surface area contributed by atoms with Crippen LogP contribution in [-0.4, -0.2) is 61.2 Å². The summed E-state index contributed by atoms with van der Waals surface area (Å²) in [5.41, 5.74) is 0.889. The van der Waals surface area contributed by atoms with Crippen molar-refractivity contribution >= 4 is 35.7 Å². The second kappa shape index (κ2) is 7.40. The van der Waals surface area contributed by atoms with Gasteiger partial charge in [0.05, 0.1) is 33.1 Å². The lowest BCUT2D eigenvalue weighted by Crippen LogP contribution is -2.43. The van der Waals surface area contributed by atoms with Crippen molar-refractivity contribution in [3.05, 3.63) is 24.0 Å². The van der Waals surface area contributed by atoms with Crippen LogP contribution < -0.4 is 9.80 Å². The second-order valence-corrected chi connectivity index (χ2v) is 14.9. The van der Waals surface area contributed by atoms with Gasteiger partial charge in [0.1, 0.15) is 17.7 Å². The molecule has 1 aromatic carbocycles. The summed E-state index contributed by atoms with van der Waals surface area (Å²) in [7, 11) is -3.84. The number of cyclic esters (lactones) is 1. The SMILES string of the molecule is COS(=O)(=O)C[C@H]1CN(c2ccc(N3CC[Si](C)(C)CC3)c(F)c2)C(=O)O1. The van der Waals surface area contributed by atoms with Gasteiger partial charge in [-0.3, -0.25) is 9.08 Å². The molecule has 10 heteroatoms. The Morgan fingerprint density at radius 2 is 1.96 bits per heavy atom. The molecule has 0 saturated carbocycles.